The lowest BCUT2D eigenvalue weighted by Crippen LogP contribution is -2.02. The zero-order valence-electron chi connectivity index (χ0n) is 11.2. The van der Waals surface area contributed by atoms with Gasteiger partial charge in [-0.2, -0.15) is 0 Å². The molecule has 1 heterocycles. The van der Waals surface area contributed by atoms with Crippen LogP contribution in [0.3, 0.4) is 0 Å². The minimum absolute atomic E-state index is 0.473. The van der Waals surface area contributed by atoms with Crippen LogP contribution in [0.4, 0.5) is 0 Å². The largest absolute Gasteiger partial charge is 0.232 e. The van der Waals surface area contributed by atoms with Crippen LogP contribution in [0, 0.1) is 12.8 Å². The highest BCUT2D eigenvalue weighted by atomic mass is 79.9. The molecular weight excluding hydrogens is 324 g/mol. The van der Waals surface area contributed by atoms with Crippen LogP contribution in [0.1, 0.15) is 25.1 Å². The Hall–Kier alpha value is -0.930. The Bertz CT molecular complexity index is 579. The third-order valence-electron chi connectivity index (χ3n) is 2.79. The molecule has 0 unspecified atom stereocenters. The van der Waals surface area contributed by atoms with Gasteiger partial charge in [0.05, 0.1) is 10.2 Å². The van der Waals surface area contributed by atoms with Gasteiger partial charge >= 0.3 is 0 Å². The molecule has 0 aliphatic carbocycles. The molecule has 0 bridgehead atoms. The topological polar surface area (TPSA) is 25.8 Å². The number of rotatable bonds is 3. The maximum Gasteiger partial charge on any atom is 0.161 e. The molecule has 0 spiro atoms. The van der Waals surface area contributed by atoms with Crippen LogP contribution in [0.5, 0.6) is 0 Å². The van der Waals surface area contributed by atoms with E-state index in [4.69, 9.17) is 11.6 Å². The molecule has 0 aliphatic rings. The van der Waals surface area contributed by atoms with Gasteiger partial charge in [-0.05, 0) is 35.2 Å². The van der Waals surface area contributed by atoms with Crippen LogP contribution in [0.25, 0.3) is 11.4 Å². The first kappa shape index (κ1) is 14.5. The summed E-state index contributed by atoms with van der Waals surface area (Å²) in [5, 5.41) is 0.473. The van der Waals surface area contributed by atoms with Crippen molar-refractivity contribution < 1.29 is 0 Å². The summed E-state index contributed by atoms with van der Waals surface area (Å²) < 4.78 is 0.804. The molecule has 19 heavy (non-hydrogen) atoms. The van der Waals surface area contributed by atoms with Gasteiger partial charge in [-0.25, -0.2) is 9.97 Å². The highest BCUT2D eigenvalue weighted by molar-refractivity contribution is 9.10. The molecule has 2 rings (SSSR count). The monoisotopic (exact) mass is 338 g/mol. The summed E-state index contributed by atoms with van der Waals surface area (Å²) in [6.45, 7) is 6.38. The van der Waals surface area contributed by atoms with Crippen LogP contribution in [-0.2, 0) is 6.42 Å². The number of aromatic nitrogens is 2. The fraction of sp³-hybridized carbons (Fsp3) is 0.333. The summed E-state index contributed by atoms with van der Waals surface area (Å²) in [5.41, 5.74) is 3.17. The highest BCUT2D eigenvalue weighted by Gasteiger charge is 2.13. The lowest BCUT2D eigenvalue weighted by molar-refractivity contribution is 0.632. The van der Waals surface area contributed by atoms with Crippen LogP contribution < -0.4 is 0 Å². The Balaban J connectivity index is 2.46. The van der Waals surface area contributed by atoms with Gasteiger partial charge in [0.15, 0.2) is 5.82 Å². The molecule has 1 aromatic heterocycles. The van der Waals surface area contributed by atoms with Crippen molar-refractivity contribution in [2.24, 2.45) is 5.92 Å². The van der Waals surface area contributed by atoms with E-state index in [1.54, 1.807) is 0 Å². The summed E-state index contributed by atoms with van der Waals surface area (Å²) in [6, 6.07) is 8.15. The lowest BCUT2D eigenvalue weighted by Gasteiger charge is -2.10. The minimum Gasteiger partial charge on any atom is -0.232 e. The number of halogens is 2. The molecule has 0 N–H and O–H groups in total. The fourth-order valence-electron chi connectivity index (χ4n) is 1.82. The average molecular weight is 340 g/mol. The Kier molecular flexibility index (Phi) is 4.58. The molecule has 2 aromatic rings. The second-order valence-corrected chi connectivity index (χ2v) is 6.21. The Morgan fingerprint density at radius 2 is 1.79 bits per heavy atom. The van der Waals surface area contributed by atoms with Crippen molar-refractivity contribution in [2.45, 2.75) is 27.2 Å². The smallest absolute Gasteiger partial charge is 0.161 e. The molecule has 100 valence electrons. The van der Waals surface area contributed by atoms with Crippen molar-refractivity contribution in [3.63, 3.8) is 0 Å². The van der Waals surface area contributed by atoms with Crippen LogP contribution >= 0.6 is 27.5 Å². The zero-order valence-corrected chi connectivity index (χ0v) is 13.6. The molecule has 1 aromatic carbocycles. The molecular formula is C15H16BrClN2. The lowest BCUT2D eigenvalue weighted by atomic mass is 10.1. The summed E-state index contributed by atoms with van der Waals surface area (Å²) in [6.07, 6.45) is 0.877. The standard InChI is InChI=1S/C15H16BrClN2/c1-9(2)8-12-13(16)14(17)19-15(18-12)11-6-4-10(3)5-7-11/h4-7,9H,8H2,1-3H3. The van der Waals surface area contributed by atoms with Gasteiger partial charge in [0.25, 0.3) is 0 Å². The van der Waals surface area contributed by atoms with Crippen molar-refractivity contribution >= 4 is 27.5 Å². The van der Waals surface area contributed by atoms with Gasteiger partial charge in [-0.3, -0.25) is 0 Å². The van der Waals surface area contributed by atoms with E-state index in [2.05, 4.69) is 58.8 Å². The quantitative estimate of drug-likeness (QED) is 0.730. The second kappa shape index (κ2) is 6.02. The predicted octanol–water partition coefficient (Wildman–Crippen LogP) is 5.07. The predicted molar refractivity (Wildman–Crippen MR) is 83.5 cm³/mol. The Labute approximate surface area is 127 Å². The van der Waals surface area contributed by atoms with Crippen LogP contribution in [-0.4, -0.2) is 9.97 Å². The van der Waals surface area contributed by atoms with E-state index >= 15 is 0 Å². The Morgan fingerprint density at radius 1 is 1.16 bits per heavy atom. The Morgan fingerprint density at radius 3 is 2.37 bits per heavy atom. The third kappa shape index (κ3) is 3.54. The SMILES string of the molecule is Cc1ccc(-c2nc(Cl)c(Br)c(CC(C)C)n2)cc1. The molecule has 0 fully saturated rings. The van der Waals surface area contributed by atoms with Gasteiger partial charge in [-0.1, -0.05) is 55.3 Å². The number of hydrogen-bond donors (Lipinski definition) is 0. The first-order valence-corrected chi connectivity index (χ1v) is 7.43. The zero-order chi connectivity index (χ0) is 14.0. The first-order valence-electron chi connectivity index (χ1n) is 6.26. The van der Waals surface area contributed by atoms with Gasteiger partial charge in [0.1, 0.15) is 5.15 Å². The van der Waals surface area contributed by atoms with Gasteiger partial charge in [0, 0.05) is 5.56 Å². The van der Waals surface area contributed by atoms with Crippen molar-refractivity contribution in [1.82, 2.24) is 9.97 Å². The molecule has 0 saturated heterocycles. The third-order valence-corrected chi connectivity index (χ3v) is 4.13. The van der Waals surface area contributed by atoms with Crippen molar-refractivity contribution in [3.05, 3.63) is 45.1 Å². The summed E-state index contributed by atoms with van der Waals surface area (Å²) >= 11 is 9.66. The molecule has 0 amide bonds. The van der Waals surface area contributed by atoms with E-state index in [0.717, 1.165) is 22.2 Å². The normalized spacial score (nSPS) is 11.1. The van der Waals surface area contributed by atoms with E-state index in [1.807, 2.05) is 12.1 Å². The highest BCUT2D eigenvalue weighted by Crippen LogP contribution is 2.28. The van der Waals surface area contributed by atoms with E-state index in [0.29, 0.717) is 16.9 Å². The van der Waals surface area contributed by atoms with E-state index < -0.39 is 0 Å². The number of hydrogen-bond acceptors (Lipinski definition) is 2. The van der Waals surface area contributed by atoms with Crippen LogP contribution in [0.15, 0.2) is 28.7 Å². The molecule has 0 atom stereocenters. The molecule has 4 heteroatoms. The number of benzene rings is 1. The number of nitrogens with zero attached hydrogens (tertiary/aromatic N) is 2. The summed E-state index contributed by atoms with van der Waals surface area (Å²) in [4.78, 5) is 8.98. The molecule has 2 nitrogen and oxygen atoms in total. The van der Waals surface area contributed by atoms with Gasteiger partial charge in [0.2, 0.25) is 0 Å². The molecule has 0 radical (unpaired) electrons. The fourth-order valence-corrected chi connectivity index (χ4v) is 2.35. The van der Waals surface area contributed by atoms with Crippen LogP contribution in [0.2, 0.25) is 5.15 Å². The van der Waals surface area contributed by atoms with E-state index in [1.165, 1.54) is 5.56 Å². The molecule has 0 aliphatic heterocycles. The first-order chi connectivity index (χ1) is 8.97. The van der Waals surface area contributed by atoms with Crippen molar-refractivity contribution in [3.8, 4) is 11.4 Å². The summed E-state index contributed by atoms with van der Waals surface area (Å²) in [5.74, 6) is 1.21. The minimum atomic E-state index is 0.473. The average Bonchev–Trinajstić information content (AvgIpc) is 2.35. The maximum atomic E-state index is 6.19. The van der Waals surface area contributed by atoms with E-state index in [-0.39, 0.29) is 0 Å². The summed E-state index contributed by atoms with van der Waals surface area (Å²) in [7, 11) is 0. The second-order valence-electron chi connectivity index (χ2n) is 5.06. The molecule has 0 saturated carbocycles. The maximum absolute atomic E-state index is 6.19. The van der Waals surface area contributed by atoms with E-state index in [9.17, 15) is 0 Å². The number of aryl methyl sites for hydroxylation is 1. The van der Waals surface area contributed by atoms with Crippen molar-refractivity contribution in [1.29, 1.82) is 0 Å². The van der Waals surface area contributed by atoms with Gasteiger partial charge in [-0.15, -0.1) is 0 Å². The van der Waals surface area contributed by atoms with Crippen molar-refractivity contribution in [2.75, 3.05) is 0 Å². The van der Waals surface area contributed by atoms with Gasteiger partial charge < -0.3 is 0 Å².